The molecule has 3 heterocycles. The number of rotatable bonds is 4. The first-order chi connectivity index (χ1) is 11.8. The van der Waals surface area contributed by atoms with Gasteiger partial charge in [-0.1, -0.05) is 18.6 Å². The van der Waals surface area contributed by atoms with Gasteiger partial charge in [-0.15, -0.1) is 0 Å². The van der Waals surface area contributed by atoms with Gasteiger partial charge < -0.3 is 4.42 Å². The molecule has 1 atom stereocenters. The second-order valence-corrected chi connectivity index (χ2v) is 7.02. The summed E-state index contributed by atoms with van der Waals surface area (Å²) in [6.45, 7) is 5.58. The molecule has 2 aliphatic heterocycles. The topological polar surface area (TPSA) is 19.6 Å². The Morgan fingerprint density at radius 3 is 2.67 bits per heavy atom. The number of piperidine rings is 1. The third kappa shape index (κ3) is 3.40. The van der Waals surface area contributed by atoms with E-state index >= 15 is 0 Å². The Bertz CT molecular complexity index is 678. The van der Waals surface area contributed by atoms with Crippen LogP contribution in [-0.4, -0.2) is 42.0 Å². The lowest BCUT2D eigenvalue weighted by Gasteiger charge is -2.32. The summed E-state index contributed by atoms with van der Waals surface area (Å²) in [5.41, 5.74) is 0.538. The largest absolute Gasteiger partial charge is 0.460 e. The summed E-state index contributed by atoms with van der Waals surface area (Å²) in [6, 6.07) is 11.3. The predicted octanol–water partition coefficient (Wildman–Crippen LogP) is 4.15. The molecule has 1 aromatic carbocycles. The Labute approximate surface area is 143 Å². The highest BCUT2D eigenvalue weighted by Gasteiger charge is 2.28. The average molecular weight is 328 g/mol. The Morgan fingerprint density at radius 2 is 1.83 bits per heavy atom. The van der Waals surface area contributed by atoms with Gasteiger partial charge in [0, 0.05) is 19.1 Å². The molecule has 1 aromatic heterocycles. The number of furan rings is 1. The molecule has 128 valence electrons. The second kappa shape index (κ2) is 7.08. The van der Waals surface area contributed by atoms with Crippen LogP contribution in [0.25, 0.3) is 11.3 Å². The van der Waals surface area contributed by atoms with Gasteiger partial charge in [-0.25, -0.2) is 4.39 Å². The van der Waals surface area contributed by atoms with E-state index in [2.05, 4.69) is 9.80 Å². The molecule has 0 unspecified atom stereocenters. The number of nitrogens with zero attached hydrogens (tertiary/aromatic N) is 2. The van der Waals surface area contributed by atoms with Crippen LogP contribution in [0.15, 0.2) is 40.8 Å². The van der Waals surface area contributed by atoms with Crippen molar-refractivity contribution in [1.82, 2.24) is 9.80 Å². The summed E-state index contributed by atoms with van der Waals surface area (Å²) in [7, 11) is 0. The van der Waals surface area contributed by atoms with Crippen molar-refractivity contribution in [2.75, 3.05) is 26.2 Å². The minimum atomic E-state index is -0.232. The van der Waals surface area contributed by atoms with Crippen LogP contribution in [0, 0.1) is 5.82 Å². The van der Waals surface area contributed by atoms with Gasteiger partial charge in [0.1, 0.15) is 17.3 Å². The Hall–Kier alpha value is -1.65. The monoisotopic (exact) mass is 328 g/mol. The number of halogens is 1. The maximum absolute atomic E-state index is 13.9. The molecule has 3 nitrogen and oxygen atoms in total. The van der Waals surface area contributed by atoms with Gasteiger partial charge >= 0.3 is 0 Å². The lowest BCUT2D eigenvalue weighted by Crippen LogP contribution is -2.40. The number of benzene rings is 1. The normalized spacial score (nSPS) is 23.0. The molecular formula is C20H25FN2O. The van der Waals surface area contributed by atoms with Crippen molar-refractivity contribution >= 4 is 0 Å². The van der Waals surface area contributed by atoms with Gasteiger partial charge in [-0.3, -0.25) is 9.80 Å². The first-order valence-corrected chi connectivity index (χ1v) is 9.09. The molecule has 0 aliphatic carbocycles. The van der Waals surface area contributed by atoms with Crippen molar-refractivity contribution in [2.45, 2.75) is 38.3 Å². The zero-order valence-electron chi connectivity index (χ0n) is 14.1. The van der Waals surface area contributed by atoms with E-state index in [4.69, 9.17) is 4.42 Å². The van der Waals surface area contributed by atoms with Crippen LogP contribution in [0.5, 0.6) is 0 Å². The standard InChI is InChI=1S/C20H25FN2O/c21-19-7-3-2-6-18(19)20-9-8-17(24-20)15-22-13-10-16(14-22)23-11-4-1-5-12-23/h2-3,6-9,16H,1,4-5,10-15H2/t16-/m1/s1. The van der Waals surface area contributed by atoms with Crippen molar-refractivity contribution in [3.8, 4) is 11.3 Å². The van der Waals surface area contributed by atoms with Crippen LogP contribution in [-0.2, 0) is 6.54 Å². The summed E-state index contributed by atoms with van der Waals surface area (Å²) >= 11 is 0. The summed E-state index contributed by atoms with van der Waals surface area (Å²) in [5, 5.41) is 0. The lowest BCUT2D eigenvalue weighted by molar-refractivity contribution is 0.159. The van der Waals surface area contributed by atoms with E-state index in [9.17, 15) is 4.39 Å². The second-order valence-electron chi connectivity index (χ2n) is 7.02. The summed E-state index contributed by atoms with van der Waals surface area (Å²) in [5.74, 6) is 1.31. The summed E-state index contributed by atoms with van der Waals surface area (Å²) in [6.07, 6.45) is 5.33. The van der Waals surface area contributed by atoms with E-state index in [1.165, 1.54) is 44.8 Å². The molecule has 0 bridgehead atoms. The van der Waals surface area contributed by atoms with Crippen molar-refractivity contribution in [3.05, 3.63) is 48.0 Å². The molecule has 0 radical (unpaired) electrons. The lowest BCUT2D eigenvalue weighted by atomic mass is 10.1. The van der Waals surface area contributed by atoms with Gasteiger partial charge in [-0.2, -0.15) is 0 Å². The summed E-state index contributed by atoms with van der Waals surface area (Å²) < 4.78 is 19.8. The van der Waals surface area contributed by atoms with E-state index in [0.717, 1.165) is 25.4 Å². The Morgan fingerprint density at radius 1 is 1.00 bits per heavy atom. The molecule has 2 saturated heterocycles. The van der Waals surface area contributed by atoms with Crippen LogP contribution in [0.4, 0.5) is 4.39 Å². The number of hydrogen-bond acceptors (Lipinski definition) is 3. The first kappa shape index (κ1) is 15.9. The van der Waals surface area contributed by atoms with E-state index in [-0.39, 0.29) is 5.82 Å². The zero-order chi connectivity index (χ0) is 16.4. The fraction of sp³-hybridized carbons (Fsp3) is 0.500. The van der Waals surface area contributed by atoms with Gasteiger partial charge in [0.05, 0.1) is 12.1 Å². The fourth-order valence-corrected chi connectivity index (χ4v) is 4.03. The smallest absolute Gasteiger partial charge is 0.137 e. The highest BCUT2D eigenvalue weighted by atomic mass is 19.1. The molecule has 0 amide bonds. The minimum absolute atomic E-state index is 0.232. The van der Waals surface area contributed by atoms with Crippen molar-refractivity contribution < 1.29 is 8.81 Å². The molecule has 0 saturated carbocycles. The molecule has 24 heavy (non-hydrogen) atoms. The van der Waals surface area contributed by atoms with E-state index in [1.54, 1.807) is 12.1 Å². The highest BCUT2D eigenvalue weighted by Crippen LogP contribution is 2.27. The van der Waals surface area contributed by atoms with Crippen LogP contribution in [0.3, 0.4) is 0 Å². The van der Waals surface area contributed by atoms with Gasteiger partial charge in [0.25, 0.3) is 0 Å². The summed E-state index contributed by atoms with van der Waals surface area (Å²) in [4.78, 5) is 5.12. The Kier molecular flexibility index (Phi) is 4.67. The number of likely N-dealkylation sites (tertiary alicyclic amines) is 2. The fourth-order valence-electron chi connectivity index (χ4n) is 4.03. The maximum atomic E-state index is 13.9. The molecule has 0 spiro atoms. The molecular weight excluding hydrogens is 303 g/mol. The molecule has 4 rings (SSSR count). The minimum Gasteiger partial charge on any atom is -0.460 e. The third-order valence-electron chi connectivity index (χ3n) is 5.33. The average Bonchev–Trinajstić information content (AvgIpc) is 3.26. The zero-order valence-corrected chi connectivity index (χ0v) is 14.1. The van der Waals surface area contributed by atoms with Crippen LogP contribution in [0.2, 0.25) is 0 Å². The highest BCUT2D eigenvalue weighted by molar-refractivity contribution is 5.58. The van der Waals surface area contributed by atoms with Crippen molar-refractivity contribution in [2.24, 2.45) is 0 Å². The number of hydrogen-bond donors (Lipinski definition) is 0. The van der Waals surface area contributed by atoms with E-state index in [0.29, 0.717) is 17.4 Å². The molecule has 4 heteroatoms. The molecule has 0 N–H and O–H groups in total. The quantitative estimate of drug-likeness (QED) is 0.841. The van der Waals surface area contributed by atoms with E-state index < -0.39 is 0 Å². The molecule has 2 aromatic rings. The van der Waals surface area contributed by atoms with Crippen molar-refractivity contribution in [3.63, 3.8) is 0 Å². The van der Waals surface area contributed by atoms with Crippen LogP contribution < -0.4 is 0 Å². The van der Waals surface area contributed by atoms with E-state index in [1.807, 2.05) is 18.2 Å². The van der Waals surface area contributed by atoms with Crippen LogP contribution >= 0.6 is 0 Å². The predicted molar refractivity (Wildman–Crippen MR) is 93.2 cm³/mol. The van der Waals surface area contributed by atoms with Gasteiger partial charge in [0.15, 0.2) is 0 Å². The maximum Gasteiger partial charge on any atom is 0.137 e. The Balaban J connectivity index is 1.37. The van der Waals surface area contributed by atoms with Crippen molar-refractivity contribution in [1.29, 1.82) is 0 Å². The molecule has 2 aliphatic rings. The first-order valence-electron chi connectivity index (χ1n) is 9.09. The van der Waals surface area contributed by atoms with Crippen LogP contribution in [0.1, 0.15) is 31.4 Å². The third-order valence-corrected chi connectivity index (χ3v) is 5.33. The SMILES string of the molecule is Fc1ccccc1-c1ccc(CN2CC[C@@H](N3CCCCC3)C2)o1. The van der Waals surface area contributed by atoms with Gasteiger partial charge in [-0.05, 0) is 56.6 Å². The molecule has 2 fully saturated rings. The van der Waals surface area contributed by atoms with Gasteiger partial charge in [0.2, 0.25) is 0 Å².